The normalized spacial score (nSPS) is 11.2. The Balaban J connectivity index is 1.79. The highest BCUT2D eigenvalue weighted by Gasteiger charge is 2.09. The third kappa shape index (κ3) is 3.20. The molecular formula is C16H17N3O2. The zero-order valence-electron chi connectivity index (χ0n) is 12.0. The van der Waals surface area contributed by atoms with Crippen LogP contribution in [0.2, 0.25) is 0 Å². The number of nitrogens with zero attached hydrogens (tertiary/aromatic N) is 2. The maximum Gasteiger partial charge on any atom is 0.399 e. The maximum absolute atomic E-state index is 5.73. The molecule has 1 N–H and O–H groups in total. The third-order valence-electron chi connectivity index (χ3n) is 3.03. The lowest BCUT2D eigenvalue weighted by Crippen LogP contribution is -2.21. The number of nitrogens with one attached hydrogen (secondary N) is 1. The van der Waals surface area contributed by atoms with E-state index in [2.05, 4.69) is 29.1 Å². The lowest BCUT2D eigenvalue weighted by molar-refractivity contribution is 0.333. The van der Waals surface area contributed by atoms with Crippen molar-refractivity contribution >= 4 is 10.9 Å². The topological polar surface area (TPSA) is 60.2 Å². The summed E-state index contributed by atoms with van der Waals surface area (Å²) in [6.45, 7) is 4.82. The maximum atomic E-state index is 5.73. The lowest BCUT2D eigenvalue weighted by atomic mass is 10.2. The van der Waals surface area contributed by atoms with Crippen molar-refractivity contribution in [1.82, 2.24) is 15.3 Å². The minimum Gasteiger partial charge on any atom is -0.417 e. The molecule has 0 saturated heterocycles. The molecule has 3 rings (SSSR count). The van der Waals surface area contributed by atoms with Crippen LogP contribution < -0.4 is 10.1 Å². The number of hydrogen-bond donors (Lipinski definition) is 1. The molecule has 21 heavy (non-hydrogen) atoms. The molecule has 2 aromatic heterocycles. The SMILES string of the molecule is CC(C)NCc1coc(Oc2cccc3ncccc23)n1. The summed E-state index contributed by atoms with van der Waals surface area (Å²) < 4.78 is 11.1. The summed E-state index contributed by atoms with van der Waals surface area (Å²) in [6, 6.07) is 9.95. The van der Waals surface area contributed by atoms with Crippen LogP contribution in [0.5, 0.6) is 11.8 Å². The first-order chi connectivity index (χ1) is 10.2. The molecule has 3 aromatic rings. The van der Waals surface area contributed by atoms with Crippen LogP contribution in [0.1, 0.15) is 19.5 Å². The van der Waals surface area contributed by atoms with Crippen LogP contribution >= 0.6 is 0 Å². The van der Waals surface area contributed by atoms with Gasteiger partial charge in [0.25, 0.3) is 0 Å². The van der Waals surface area contributed by atoms with E-state index in [1.54, 1.807) is 12.5 Å². The van der Waals surface area contributed by atoms with Crippen molar-refractivity contribution in [2.75, 3.05) is 0 Å². The summed E-state index contributed by atoms with van der Waals surface area (Å²) in [6.07, 6.45) is 3.60. The van der Waals surface area contributed by atoms with Gasteiger partial charge >= 0.3 is 6.08 Å². The van der Waals surface area contributed by atoms with E-state index in [1.807, 2.05) is 30.3 Å². The predicted octanol–water partition coefficient (Wildman–Crippen LogP) is 3.51. The smallest absolute Gasteiger partial charge is 0.399 e. The third-order valence-corrected chi connectivity index (χ3v) is 3.03. The number of fused-ring (bicyclic) bond motifs is 1. The van der Waals surface area contributed by atoms with Crippen molar-refractivity contribution in [1.29, 1.82) is 0 Å². The summed E-state index contributed by atoms with van der Waals surface area (Å²) in [4.78, 5) is 8.61. The van der Waals surface area contributed by atoms with Crippen molar-refractivity contribution in [3.05, 3.63) is 48.5 Å². The van der Waals surface area contributed by atoms with E-state index < -0.39 is 0 Å². The molecule has 0 spiro atoms. The molecule has 0 amide bonds. The second-order valence-corrected chi connectivity index (χ2v) is 5.07. The molecule has 0 radical (unpaired) electrons. The zero-order valence-corrected chi connectivity index (χ0v) is 12.0. The molecule has 0 unspecified atom stereocenters. The molecule has 0 aliphatic carbocycles. The van der Waals surface area contributed by atoms with Gasteiger partial charge in [0.15, 0.2) is 0 Å². The van der Waals surface area contributed by atoms with Crippen molar-refractivity contribution in [3.63, 3.8) is 0 Å². The number of benzene rings is 1. The highest BCUT2D eigenvalue weighted by atomic mass is 16.6. The quantitative estimate of drug-likeness (QED) is 0.776. The van der Waals surface area contributed by atoms with Gasteiger partial charge in [-0.25, -0.2) is 0 Å². The Hall–Kier alpha value is -2.40. The number of pyridine rings is 1. The minimum absolute atomic E-state index is 0.243. The van der Waals surface area contributed by atoms with Crippen LogP contribution in [-0.2, 0) is 6.54 Å². The Morgan fingerprint density at radius 2 is 2.14 bits per heavy atom. The van der Waals surface area contributed by atoms with E-state index in [1.165, 1.54) is 0 Å². The first-order valence-corrected chi connectivity index (χ1v) is 6.92. The van der Waals surface area contributed by atoms with Gasteiger partial charge in [-0.1, -0.05) is 19.9 Å². The van der Waals surface area contributed by atoms with Crippen molar-refractivity contribution in [3.8, 4) is 11.8 Å². The first-order valence-electron chi connectivity index (χ1n) is 6.92. The Morgan fingerprint density at radius 1 is 1.24 bits per heavy atom. The van der Waals surface area contributed by atoms with Gasteiger partial charge in [-0.3, -0.25) is 4.98 Å². The van der Waals surface area contributed by atoms with E-state index in [9.17, 15) is 0 Å². The van der Waals surface area contributed by atoms with Crippen LogP contribution in [0.25, 0.3) is 10.9 Å². The summed E-state index contributed by atoms with van der Waals surface area (Å²) in [5.74, 6) is 0.686. The van der Waals surface area contributed by atoms with Gasteiger partial charge in [-0.2, -0.15) is 4.98 Å². The number of rotatable bonds is 5. The molecule has 108 valence electrons. The van der Waals surface area contributed by atoms with Gasteiger partial charge in [0.05, 0.1) is 11.2 Å². The predicted molar refractivity (Wildman–Crippen MR) is 80.3 cm³/mol. The van der Waals surface area contributed by atoms with Gasteiger partial charge in [0.2, 0.25) is 0 Å². The fraction of sp³-hybridized carbons (Fsp3) is 0.250. The van der Waals surface area contributed by atoms with E-state index in [4.69, 9.17) is 9.15 Å². The first kappa shape index (κ1) is 13.6. The van der Waals surface area contributed by atoms with Crippen molar-refractivity contribution in [2.24, 2.45) is 0 Å². The Labute approximate surface area is 123 Å². The molecule has 0 aliphatic rings. The van der Waals surface area contributed by atoms with Crippen LogP contribution in [0.3, 0.4) is 0 Å². The standard InChI is InChI=1S/C16H17N3O2/c1-11(2)18-9-12-10-20-16(19-12)21-15-7-3-6-14-13(15)5-4-8-17-14/h3-8,10-11,18H,9H2,1-2H3. The number of ether oxygens (including phenoxy) is 1. The van der Waals surface area contributed by atoms with Gasteiger partial charge < -0.3 is 14.5 Å². The average molecular weight is 283 g/mol. The monoisotopic (exact) mass is 283 g/mol. The second-order valence-electron chi connectivity index (χ2n) is 5.07. The summed E-state index contributed by atoms with van der Waals surface area (Å²) in [5, 5.41) is 4.21. The Bertz CT molecular complexity index is 732. The summed E-state index contributed by atoms with van der Waals surface area (Å²) in [7, 11) is 0. The molecule has 2 heterocycles. The van der Waals surface area contributed by atoms with Crippen LogP contribution in [0.4, 0.5) is 0 Å². The summed E-state index contributed by atoms with van der Waals surface area (Å²) >= 11 is 0. The molecule has 0 saturated carbocycles. The summed E-state index contributed by atoms with van der Waals surface area (Å²) in [5.41, 5.74) is 1.69. The number of hydrogen-bond acceptors (Lipinski definition) is 5. The largest absolute Gasteiger partial charge is 0.417 e. The molecule has 0 atom stereocenters. The molecule has 5 heteroatoms. The molecule has 0 bridgehead atoms. The number of oxazole rings is 1. The molecule has 0 fully saturated rings. The van der Waals surface area contributed by atoms with Crippen molar-refractivity contribution in [2.45, 2.75) is 26.4 Å². The lowest BCUT2D eigenvalue weighted by Gasteiger charge is -2.05. The Kier molecular flexibility index (Phi) is 3.83. The van der Waals surface area contributed by atoms with E-state index in [0.717, 1.165) is 16.6 Å². The van der Waals surface area contributed by atoms with Crippen molar-refractivity contribution < 1.29 is 9.15 Å². The molecule has 5 nitrogen and oxygen atoms in total. The van der Waals surface area contributed by atoms with Gasteiger partial charge in [0, 0.05) is 24.2 Å². The fourth-order valence-electron chi connectivity index (χ4n) is 1.98. The minimum atomic E-state index is 0.243. The highest BCUT2D eigenvalue weighted by molar-refractivity contribution is 5.84. The van der Waals surface area contributed by atoms with Gasteiger partial charge in [-0.05, 0) is 24.3 Å². The van der Waals surface area contributed by atoms with E-state index >= 15 is 0 Å². The van der Waals surface area contributed by atoms with E-state index in [0.29, 0.717) is 18.3 Å². The Morgan fingerprint density at radius 3 is 3.00 bits per heavy atom. The molecular weight excluding hydrogens is 266 g/mol. The van der Waals surface area contributed by atoms with Gasteiger partial charge in [-0.15, -0.1) is 0 Å². The fourth-order valence-corrected chi connectivity index (χ4v) is 1.98. The van der Waals surface area contributed by atoms with Crippen LogP contribution in [-0.4, -0.2) is 16.0 Å². The van der Waals surface area contributed by atoms with Crippen LogP contribution in [0, 0.1) is 0 Å². The average Bonchev–Trinajstić information content (AvgIpc) is 2.93. The number of aromatic nitrogens is 2. The van der Waals surface area contributed by atoms with Gasteiger partial charge in [0.1, 0.15) is 12.0 Å². The second kappa shape index (κ2) is 5.93. The highest BCUT2D eigenvalue weighted by Crippen LogP contribution is 2.28. The van der Waals surface area contributed by atoms with Crippen LogP contribution in [0.15, 0.2) is 47.2 Å². The molecule has 1 aromatic carbocycles. The van der Waals surface area contributed by atoms with E-state index in [-0.39, 0.29) is 6.08 Å². The zero-order chi connectivity index (χ0) is 14.7. The molecule has 0 aliphatic heterocycles.